The van der Waals surface area contributed by atoms with E-state index in [0.717, 1.165) is 16.8 Å². The minimum Gasteiger partial charge on any atom is -0.352 e. The Morgan fingerprint density at radius 3 is 2.68 bits per heavy atom. The number of carbonyl (C=O) groups is 2. The van der Waals surface area contributed by atoms with Crippen molar-refractivity contribution in [1.82, 2.24) is 5.32 Å². The molecule has 0 aromatic heterocycles. The van der Waals surface area contributed by atoms with Gasteiger partial charge in [0.05, 0.1) is 5.92 Å². The lowest BCUT2D eigenvalue weighted by Gasteiger charge is -2.11. The number of hydrogen-bond donors (Lipinski definition) is 2. The van der Waals surface area contributed by atoms with Gasteiger partial charge in [-0.2, -0.15) is 0 Å². The molecule has 4 heteroatoms. The Morgan fingerprint density at radius 2 is 1.86 bits per heavy atom. The highest BCUT2D eigenvalue weighted by Gasteiger charge is 2.29. The van der Waals surface area contributed by atoms with E-state index in [-0.39, 0.29) is 17.7 Å². The number of aryl methyl sites for hydroxylation is 1. The highest BCUT2D eigenvalue weighted by atomic mass is 16.2. The Labute approximate surface area is 129 Å². The van der Waals surface area contributed by atoms with Gasteiger partial charge in [-0.15, -0.1) is 0 Å². The van der Waals surface area contributed by atoms with Crippen molar-refractivity contribution in [2.45, 2.75) is 19.3 Å². The molecule has 0 bridgehead atoms. The molecule has 0 saturated carbocycles. The molecule has 1 unspecified atom stereocenters. The summed E-state index contributed by atoms with van der Waals surface area (Å²) in [6.07, 6.45) is 0.598. The van der Waals surface area contributed by atoms with Gasteiger partial charge in [-0.05, 0) is 36.6 Å². The molecule has 1 aliphatic heterocycles. The summed E-state index contributed by atoms with van der Waals surface area (Å²) >= 11 is 0. The second-order valence-electron chi connectivity index (χ2n) is 5.49. The molecule has 0 spiro atoms. The molecule has 2 aromatic rings. The molecule has 22 heavy (non-hydrogen) atoms. The van der Waals surface area contributed by atoms with Gasteiger partial charge >= 0.3 is 0 Å². The van der Waals surface area contributed by atoms with E-state index in [4.69, 9.17) is 0 Å². The van der Waals surface area contributed by atoms with Crippen LogP contribution >= 0.6 is 0 Å². The van der Waals surface area contributed by atoms with Crippen molar-refractivity contribution >= 4 is 17.5 Å². The third-order valence-electron chi connectivity index (χ3n) is 4.02. The normalized spacial score (nSPS) is 16.0. The quantitative estimate of drug-likeness (QED) is 0.911. The number of amides is 2. The fraction of sp³-hybridized carbons (Fsp3) is 0.222. The number of benzene rings is 2. The molecule has 112 valence electrons. The predicted molar refractivity (Wildman–Crippen MR) is 85.9 cm³/mol. The molecule has 0 aliphatic carbocycles. The monoisotopic (exact) mass is 294 g/mol. The van der Waals surface area contributed by atoms with Gasteiger partial charge in [0.1, 0.15) is 0 Å². The van der Waals surface area contributed by atoms with Crippen LogP contribution in [-0.4, -0.2) is 18.4 Å². The molecular weight excluding hydrogens is 276 g/mol. The molecule has 0 radical (unpaired) electrons. The molecule has 0 saturated heterocycles. The summed E-state index contributed by atoms with van der Waals surface area (Å²) in [6.45, 7) is 2.38. The summed E-state index contributed by atoms with van der Waals surface area (Å²) < 4.78 is 0. The van der Waals surface area contributed by atoms with Crippen LogP contribution < -0.4 is 10.6 Å². The predicted octanol–water partition coefficient (Wildman–Crippen LogP) is 2.85. The lowest BCUT2D eigenvalue weighted by molar-refractivity contribution is -0.117. The average Bonchev–Trinajstić information content (AvgIpc) is 2.83. The molecule has 1 aliphatic rings. The average molecular weight is 294 g/mol. The van der Waals surface area contributed by atoms with Crippen LogP contribution in [0.3, 0.4) is 0 Å². The number of nitrogens with one attached hydrogen (secondary N) is 2. The molecule has 0 fully saturated rings. The Kier molecular flexibility index (Phi) is 3.92. The van der Waals surface area contributed by atoms with E-state index >= 15 is 0 Å². The highest BCUT2D eigenvalue weighted by Crippen LogP contribution is 2.33. The van der Waals surface area contributed by atoms with Crippen LogP contribution in [-0.2, 0) is 4.79 Å². The topological polar surface area (TPSA) is 58.2 Å². The molecule has 1 atom stereocenters. The van der Waals surface area contributed by atoms with Gasteiger partial charge in [0, 0.05) is 17.8 Å². The van der Waals surface area contributed by atoms with Crippen LogP contribution in [0.25, 0.3) is 0 Å². The maximum atomic E-state index is 12.2. The summed E-state index contributed by atoms with van der Waals surface area (Å²) in [5, 5.41) is 5.77. The van der Waals surface area contributed by atoms with Gasteiger partial charge < -0.3 is 10.6 Å². The third-order valence-corrected chi connectivity index (χ3v) is 4.02. The smallest absolute Gasteiger partial charge is 0.251 e. The molecule has 2 N–H and O–H groups in total. The Balaban J connectivity index is 1.61. The first-order chi connectivity index (χ1) is 10.7. The summed E-state index contributed by atoms with van der Waals surface area (Å²) in [4.78, 5) is 24.2. The second kappa shape index (κ2) is 6.02. The maximum Gasteiger partial charge on any atom is 0.251 e. The van der Waals surface area contributed by atoms with Crippen molar-refractivity contribution in [3.63, 3.8) is 0 Å². The minimum absolute atomic E-state index is 0.00587. The first kappa shape index (κ1) is 14.3. The molecule has 4 nitrogen and oxygen atoms in total. The van der Waals surface area contributed by atoms with E-state index < -0.39 is 0 Å². The maximum absolute atomic E-state index is 12.2. The molecule has 2 aromatic carbocycles. The number of para-hydroxylation sites is 1. The first-order valence-electron chi connectivity index (χ1n) is 7.40. The van der Waals surface area contributed by atoms with E-state index in [0.29, 0.717) is 18.5 Å². The number of fused-ring (bicyclic) bond motifs is 1. The fourth-order valence-electron chi connectivity index (χ4n) is 2.82. The van der Waals surface area contributed by atoms with Crippen LogP contribution in [0, 0.1) is 6.92 Å². The van der Waals surface area contributed by atoms with Crippen molar-refractivity contribution < 1.29 is 9.59 Å². The number of rotatable bonds is 4. The van der Waals surface area contributed by atoms with Gasteiger partial charge in [0.2, 0.25) is 5.91 Å². The van der Waals surface area contributed by atoms with E-state index in [9.17, 15) is 9.59 Å². The highest BCUT2D eigenvalue weighted by molar-refractivity contribution is 6.02. The molecule has 2 amide bonds. The lowest BCUT2D eigenvalue weighted by Crippen LogP contribution is -2.27. The van der Waals surface area contributed by atoms with Gasteiger partial charge in [-0.25, -0.2) is 0 Å². The SMILES string of the molecule is Cc1ccccc1C(=O)NCCC1C(=O)Nc2ccccc21. The Hall–Kier alpha value is -2.62. The van der Waals surface area contributed by atoms with Crippen LogP contribution in [0.2, 0.25) is 0 Å². The third kappa shape index (κ3) is 2.72. The lowest BCUT2D eigenvalue weighted by atomic mass is 9.97. The summed E-state index contributed by atoms with van der Waals surface area (Å²) in [5.41, 5.74) is 3.52. The van der Waals surface area contributed by atoms with Gasteiger partial charge in [-0.3, -0.25) is 9.59 Å². The standard InChI is InChI=1S/C18H18N2O2/c1-12-6-2-3-7-13(12)17(21)19-11-10-15-14-8-4-5-9-16(14)20-18(15)22/h2-9,15H,10-11H2,1H3,(H,19,21)(H,20,22). The zero-order valence-corrected chi connectivity index (χ0v) is 12.4. The summed E-state index contributed by atoms with van der Waals surface area (Å²) in [5.74, 6) is -0.274. The van der Waals surface area contributed by atoms with Crippen LogP contribution in [0.1, 0.15) is 33.8 Å². The van der Waals surface area contributed by atoms with Gasteiger partial charge in [-0.1, -0.05) is 36.4 Å². The van der Waals surface area contributed by atoms with E-state index in [1.807, 2.05) is 55.5 Å². The Bertz CT molecular complexity index is 725. The summed E-state index contributed by atoms with van der Waals surface area (Å²) in [6, 6.07) is 15.2. The van der Waals surface area contributed by atoms with Crippen LogP contribution in [0.5, 0.6) is 0 Å². The second-order valence-corrected chi connectivity index (χ2v) is 5.49. The molecular formula is C18H18N2O2. The van der Waals surface area contributed by atoms with Crippen molar-refractivity contribution in [3.05, 3.63) is 65.2 Å². The van der Waals surface area contributed by atoms with Crippen molar-refractivity contribution in [1.29, 1.82) is 0 Å². The fourth-order valence-corrected chi connectivity index (χ4v) is 2.82. The Morgan fingerprint density at radius 1 is 1.14 bits per heavy atom. The zero-order valence-electron chi connectivity index (χ0n) is 12.4. The number of carbonyl (C=O) groups excluding carboxylic acids is 2. The summed E-state index contributed by atoms with van der Waals surface area (Å²) in [7, 11) is 0. The van der Waals surface area contributed by atoms with Gasteiger partial charge in [0.15, 0.2) is 0 Å². The van der Waals surface area contributed by atoms with Gasteiger partial charge in [0.25, 0.3) is 5.91 Å². The van der Waals surface area contributed by atoms with Crippen molar-refractivity contribution in [2.75, 3.05) is 11.9 Å². The van der Waals surface area contributed by atoms with E-state index in [1.165, 1.54) is 0 Å². The number of anilines is 1. The molecule has 3 rings (SSSR count). The van der Waals surface area contributed by atoms with Crippen LogP contribution in [0.15, 0.2) is 48.5 Å². The first-order valence-corrected chi connectivity index (χ1v) is 7.40. The van der Waals surface area contributed by atoms with Crippen molar-refractivity contribution in [3.8, 4) is 0 Å². The minimum atomic E-state index is -0.187. The zero-order chi connectivity index (χ0) is 15.5. The number of hydrogen-bond acceptors (Lipinski definition) is 2. The molecule has 1 heterocycles. The largest absolute Gasteiger partial charge is 0.352 e. The van der Waals surface area contributed by atoms with E-state index in [2.05, 4.69) is 10.6 Å². The van der Waals surface area contributed by atoms with Crippen LogP contribution in [0.4, 0.5) is 5.69 Å². The van der Waals surface area contributed by atoms with E-state index in [1.54, 1.807) is 0 Å². The van der Waals surface area contributed by atoms with Crippen molar-refractivity contribution in [2.24, 2.45) is 0 Å².